The Labute approximate surface area is 162 Å². The van der Waals surface area contributed by atoms with Crippen molar-refractivity contribution in [3.05, 3.63) is 74.2 Å². The molecule has 5 rings (SSSR count). The first-order valence-electron chi connectivity index (χ1n) is 9.61. The van der Waals surface area contributed by atoms with Crippen LogP contribution in [-0.4, -0.2) is 14.5 Å². The molecule has 5 nitrogen and oxygen atoms in total. The largest absolute Gasteiger partial charge is 0.359 e. The summed E-state index contributed by atoms with van der Waals surface area (Å²) in [7, 11) is 0. The van der Waals surface area contributed by atoms with Crippen molar-refractivity contribution in [2.24, 2.45) is 0 Å². The molecule has 1 N–H and O–H groups in total. The molecule has 0 spiro atoms. The highest BCUT2D eigenvalue weighted by atomic mass is 32.1. The van der Waals surface area contributed by atoms with Gasteiger partial charge in [0.05, 0.1) is 12.2 Å². The van der Waals surface area contributed by atoms with Crippen LogP contribution in [0.3, 0.4) is 0 Å². The predicted molar refractivity (Wildman–Crippen MR) is 107 cm³/mol. The molecule has 2 aliphatic carbocycles. The van der Waals surface area contributed by atoms with Crippen molar-refractivity contribution in [2.75, 3.05) is 5.32 Å². The second-order valence-electron chi connectivity index (χ2n) is 7.40. The van der Waals surface area contributed by atoms with Gasteiger partial charge in [0.25, 0.3) is 5.56 Å². The molecule has 1 fully saturated rings. The van der Waals surface area contributed by atoms with E-state index in [9.17, 15) is 4.79 Å². The number of fused-ring (bicyclic) bond motifs is 1. The van der Waals surface area contributed by atoms with Crippen molar-refractivity contribution in [1.82, 2.24) is 14.5 Å². The lowest BCUT2D eigenvalue weighted by atomic mass is 9.85. The van der Waals surface area contributed by atoms with Crippen molar-refractivity contribution in [2.45, 2.75) is 50.6 Å². The Morgan fingerprint density at radius 2 is 2.04 bits per heavy atom. The zero-order valence-corrected chi connectivity index (χ0v) is 15.9. The minimum absolute atomic E-state index is 0.0227. The van der Waals surface area contributed by atoms with E-state index in [0.29, 0.717) is 24.3 Å². The van der Waals surface area contributed by atoms with Crippen LogP contribution in [0.15, 0.2) is 47.5 Å². The molecule has 6 heteroatoms. The Morgan fingerprint density at radius 1 is 1.19 bits per heavy atom. The van der Waals surface area contributed by atoms with Gasteiger partial charge in [-0.15, -0.1) is 11.3 Å². The van der Waals surface area contributed by atoms with E-state index in [1.807, 2.05) is 0 Å². The lowest BCUT2D eigenvalue weighted by Crippen LogP contribution is -2.23. The summed E-state index contributed by atoms with van der Waals surface area (Å²) < 4.78 is 1.80. The lowest BCUT2D eigenvalue weighted by molar-refractivity contribution is 0.584. The van der Waals surface area contributed by atoms with Crippen LogP contribution >= 0.6 is 11.3 Å². The summed E-state index contributed by atoms with van der Waals surface area (Å²) in [6.07, 6.45) is 8.92. The third kappa shape index (κ3) is 3.41. The molecule has 138 valence electrons. The van der Waals surface area contributed by atoms with Gasteiger partial charge in [0.15, 0.2) is 5.82 Å². The quantitative estimate of drug-likeness (QED) is 0.731. The Kier molecular flexibility index (Phi) is 4.28. The molecule has 2 aliphatic rings. The molecular formula is C21H22N4OS. The van der Waals surface area contributed by atoms with Crippen LogP contribution in [0.4, 0.5) is 5.82 Å². The first-order valence-corrected chi connectivity index (χ1v) is 10.4. The van der Waals surface area contributed by atoms with E-state index in [4.69, 9.17) is 4.98 Å². The van der Waals surface area contributed by atoms with E-state index >= 15 is 0 Å². The van der Waals surface area contributed by atoms with Crippen LogP contribution in [0.25, 0.3) is 0 Å². The highest BCUT2D eigenvalue weighted by Gasteiger charge is 2.26. The molecule has 2 heterocycles. The van der Waals surface area contributed by atoms with Gasteiger partial charge >= 0.3 is 0 Å². The standard InChI is InChI=1S/C21H22N4OS/c26-21-20(22-10-11-25(21)16-7-8-16)23-13-19-24-17-9-6-15(12-18(17)27-19)14-4-2-1-3-5-14/h1-5,10-11,15-16H,6-9,12-13H2,(H,22,23). The first kappa shape index (κ1) is 16.7. The molecule has 27 heavy (non-hydrogen) atoms. The molecule has 1 aromatic carbocycles. The summed E-state index contributed by atoms with van der Waals surface area (Å²) in [5, 5.41) is 4.25. The predicted octanol–water partition coefficient (Wildman–Crippen LogP) is 3.92. The second-order valence-corrected chi connectivity index (χ2v) is 8.57. The summed E-state index contributed by atoms with van der Waals surface area (Å²) in [6, 6.07) is 11.1. The number of nitrogens with zero attached hydrogens (tertiary/aromatic N) is 3. The number of rotatable bonds is 5. The van der Waals surface area contributed by atoms with Gasteiger partial charge in [-0.3, -0.25) is 4.79 Å². The average Bonchev–Trinajstić information content (AvgIpc) is 3.46. The maximum Gasteiger partial charge on any atom is 0.293 e. The third-order valence-electron chi connectivity index (χ3n) is 5.47. The van der Waals surface area contributed by atoms with Gasteiger partial charge in [-0.2, -0.15) is 0 Å². The van der Waals surface area contributed by atoms with Crippen molar-refractivity contribution >= 4 is 17.2 Å². The second kappa shape index (κ2) is 6.93. The number of hydrogen-bond donors (Lipinski definition) is 1. The van der Waals surface area contributed by atoms with Gasteiger partial charge in [-0.1, -0.05) is 30.3 Å². The van der Waals surface area contributed by atoms with Crippen LogP contribution in [0.2, 0.25) is 0 Å². The van der Waals surface area contributed by atoms with Gasteiger partial charge < -0.3 is 9.88 Å². The van der Waals surface area contributed by atoms with Crippen LogP contribution in [0.1, 0.15) is 52.4 Å². The first-order chi connectivity index (χ1) is 13.3. The summed E-state index contributed by atoms with van der Waals surface area (Å²) in [5.74, 6) is 1.02. The molecule has 0 amide bonds. The Morgan fingerprint density at radius 3 is 2.85 bits per heavy atom. The fourth-order valence-corrected chi connectivity index (χ4v) is 4.99. The number of hydrogen-bond acceptors (Lipinski definition) is 5. The number of nitrogens with one attached hydrogen (secondary N) is 1. The van der Waals surface area contributed by atoms with E-state index in [1.165, 1.54) is 16.1 Å². The average molecular weight is 379 g/mol. The summed E-state index contributed by atoms with van der Waals surface area (Å²) in [5.41, 5.74) is 2.64. The highest BCUT2D eigenvalue weighted by Crippen LogP contribution is 2.35. The number of anilines is 1. The minimum atomic E-state index is -0.0227. The van der Waals surface area contributed by atoms with Crippen LogP contribution in [0.5, 0.6) is 0 Å². The van der Waals surface area contributed by atoms with Gasteiger partial charge in [0, 0.05) is 23.3 Å². The van der Waals surface area contributed by atoms with Crippen molar-refractivity contribution < 1.29 is 0 Å². The number of benzene rings is 1. The molecule has 3 aromatic rings. The Bertz CT molecular complexity index is 1010. The van der Waals surface area contributed by atoms with Crippen molar-refractivity contribution in [1.29, 1.82) is 0 Å². The van der Waals surface area contributed by atoms with Crippen LogP contribution < -0.4 is 10.9 Å². The van der Waals surface area contributed by atoms with Crippen molar-refractivity contribution in [3.63, 3.8) is 0 Å². The minimum Gasteiger partial charge on any atom is -0.359 e. The van der Waals surface area contributed by atoms with Crippen LogP contribution in [0, 0.1) is 0 Å². The third-order valence-corrected chi connectivity index (χ3v) is 6.59. The fourth-order valence-electron chi connectivity index (χ4n) is 3.86. The number of aryl methyl sites for hydroxylation is 1. The van der Waals surface area contributed by atoms with E-state index in [1.54, 1.807) is 28.3 Å². The molecule has 2 aromatic heterocycles. The van der Waals surface area contributed by atoms with Crippen LogP contribution in [-0.2, 0) is 19.4 Å². The van der Waals surface area contributed by atoms with Gasteiger partial charge in [0.2, 0.25) is 0 Å². The molecule has 0 aliphatic heterocycles. The molecule has 1 saturated carbocycles. The number of thiazole rings is 1. The Hall–Kier alpha value is -2.47. The van der Waals surface area contributed by atoms with Gasteiger partial charge in [0.1, 0.15) is 5.01 Å². The summed E-state index contributed by atoms with van der Waals surface area (Å²) in [6.45, 7) is 0.560. The molecule has 0 bridgehead atoms. The zero-order chi connectivity index (χ0) is 18.2. The van der Waals surface area contributed by atoms with E-state index < -0.39 is 0 Å². The number of aromatic nitrogens is 3. The summed E-state index contributed by atoms with van der Waals surface area (Å²) in [4.78, 5) is 22.9. The highest BCUT2D eigenvalue weighted by molar-refractivity contribution is 7.11. The molecule has 0 saturated heterocycles. The van der Waals surface area contributed by atoms with Gasteiger partial charge in [-0.25, -0.2) is 9.97 Å². The van der Waals surface area contributed by atoms with E-state index in [0.717, 1.165) is 37.1 Å². The van der Waals surface area contributed by atoms with Gasteiger partial charge in [-0.05, 0) is 43.6 Å². The normalized spacial score (nSPS) is 18.9. The zero-order valence-electron chi connectivity index (χ0n) is 15.1. The monoisotopic (exact) mass is 378 g/mol. The smallest absolute Gasteiger partial charge is 0.293 e. The summed E-state index contributed by atoms with van der Waals surface area (Å²) >= 11 is 1.77. The maximum absolute atomic E-state index is 12.5. The molecule has 1 unspecified atom stereocenters. The SMILES string of the molecule is O=c1c(NCc2nc3c(s2)CC(c2ccccc2)CC3)nccn1C1CC1. The maximum atomic E-state index is 12.5. The molecule has 0 radical (unpaired) electrons. The lowest BCUT2D eigenvalue weighted by Gasteiger charge is -2.21. The molecule has 1 atom stereocenters. The van der Waals surface area contributed by atoms with Crippen molar-refractivity contribution in [3.8, 4) is 0 Å². The van der Waals surface area contributed by atoms with E-state index in [2.05, 4.69) is 40.6 Å². The van der Waals surface area contributed by atoms with E-state index in [-0.39, 0.29) is 5.56 Å². The Balaban J connectivity index is 1.29. The molecular weight excluding hydrogens is 356 g/mol. The fraction of sp³-hybridized carbons (Fsp3) is 0.381. The topological polar surface area (TPSA) is 59.8 Å².